The molecule has 14 aromatic carbocycles. The van der Waals surface area contributed by atoms with E-state index in [0.29, 0.717) is 0 Å². The predicted octanol–water partition coefficient (Wildman–Crippen LogP) is 21.5. The topological polar surface area (TPSA) is 9.86 Å². The molecule has 0 unspecified atom stereocenters. The second-order valence-electron chi connectivity index (χ2n) is 21.0. The summed E-state index contributed by atoms with van der Waals surface area (Å²) in [5.74, 6) is 0. The van der Waals surface area contributed by atoms with Crippen molar-refractivity contribution in [1.82, 2.24) is 9.13 Å². The van der Waals surface area contributed by atoms with E-state index in [9.17, 15) is 0 Å². The Morgan fingerprint density at radius 3 is 1.01 bits per heavy atom. The quantitative estimate of drug-likeness (QED) is 0.147. The molecule has 0 radical (unpaired) electrons. The molecule has 3 heterocycles. The summed E-state index contributed by atoms with van der Waals surface area (Å²) < 4.78 is 7.42. The molecule has 0 aliphatic heterocycles. The number of rotatable bonds is 6. The smallest absolute Gasteiger partial charge is 0.0547 e. The first-order valence-corrected chi connectivity index (χ1v) is 28.1. The van der Waals surface area contributed by atoms with Crippen molar-refractivity contribution in [2.24, 2.45) is 0 Å². The summed E-state index contributed by atoms with van der Waals surface area (Å²) >= 11 is 1.89. The van der Waals surface area contributed by atoms with Crippen LogP contribution in [0.15, 0.2) is 279 Å². The molecule has 366 valence electrons. The number of fused-ring (bicyclic) bond motifs is 13. The van der Waals surface area contributed by atoms with Crippen molar-refractivity contribution in [2.45, 2.75) is 0 Å². The fraction of sp³-hybridized carbons (Fsp3) is 0. The fourth-order valence-electron chi connectivity index (χ4n) is 13.7. The second-order valence-corrected chi connectivity index (χ2v) is 22.1. The Morgan fingerprint density at radius 1 is 0.215 bits per heavy atom. The number of benzene rings is 14. The van der Waals surface area contributed by atoms with Crippen LogP contribution in [0.4, 0.5) is 0 Å². The monoisotopic (exact) mass is 1020 g/mol. The van der Waals surface area contributed by atoms with Crippen molar-refractivity contribution in [3.8, 4) is 55.9 Å². The van der Waals surface area contributed by atoms with E-state index in [1.165, 1.54) is 151 Å². The largest absolute Gasteiger partial charge is 0.309 e. The van der Waals surface area contributed by atoms with Gasteiger partial charge in [0.2, 0.25) is 0 Å². The molecule has 0 N–H and O–H groups in total. The zero-order valence-corrected chi connectivity index (χ0v) is 43.7. The summed E-state index contributed by atoms with van der Waals surface area (Å²) in [7, 11) is 0. The molecule has 0 saturated carbocycles. The van der Waals surface area contributed by atoms with Crippen LogP contribution in [0.1, 0.15) is 0 Å². The fourth-order valence-corrected chi connectivity index (χ4v) is 14.8. The van der Waals surface area contributed by atoms with Gasteiger partial charge in [0.15, 0.2) is 0 Å². The molecular formula is C76H46N2S. The molecule has 17 rings (SSSR count). The van der Waals surface area contributed by atoms with Crippen molar-refractivity contribution < 1.29 is 0 Å². The van der Waals surface area contributed by atoms with Gasteiger partial charge in [-0.1, -0.05) is 212 Å². The van der Waals surface area contributed by atoms with Gasteiger partial charge in [0.1, 0.15) is 0 Å². The molecule has 0 amide bonds. The van der Waals surface area contributed by atoms with E-state index in [2.05, 4.69) is 288 Å². The molecule has 17 aromatic rings. The SMILES string of the molecule is c1ccc(-n2c3ccccc3c3c(-c4c5ccccc5c(-c5ccc6c(c5)sc5ccc(-c7c8ccccc8c(-c8cccc9c8c8ccccc8n9-c8ccccc8)c8ccccc78)cc56)c5ccccc45)cccc32)cc1. The average molecular weight is 1020 g/mol. The maximum absolute atomic E-state index is 2.46. The highest BCUT2D eigenvalue weighted by atomic mass is 32.1. The molecule has 0 aliphatic carbocycles. The summed E-state index contributed by atoms with van der Waals surface area (Å²) in [5.41, 5.74) is 17.2. The number of hydrogen-bond donors (Lipinski definition) is 0. The Kier molecular flexibility index (Phi) is 9.62. The van der Waals surface area contributed by atoms with Crippen LogP contribution in [0.3, 0.4) is 0 Å². The number of nitrogens with zero attached hydrogens (tertiary/aromatic N) is 2. The van der Waals surface area contributed by atoms with Crippen LogP contribution in [0.5, 0.6) is 0 Å². The Bertz CT molecular complexity index is 5250. The van der Waals surface area contributed by atoms with Crippen LogP contribution < -0.4 is 0 Å². The molecule has 3 aromatic heterocycles. The summed E-state index contributed by atoms with van der Waals surface area (Å²) in [6.07, 6.45) is 0. The molecule has 3 heteroatoms. The van der Waals surface area contributed by atoms with E-state index in [1.807, 2.05) is 11.3 Å². The van der Waals surface area contributed by atoms with Crippen molar-refractivity contribution in [3.63, 3.8) is 0 Å². The van der Waals surface area contributed by atoms with Crippen LogP contribution in [-0.2, 0) is 0 Å². The average Bonchev–Trinajstić information content (AvgIpc) is 4.34. The standard InChI is InChI=1S/C76H46N2S/c1-3-21-49(22-4-1)77-65-37-17-15-33-60(65)75-62(35-19-39-67(75)77)73-56-29-11-7-25-52(56)71(53-26-8-12-30-57(53)73)47-42-44-69-64(45-47)51-43-41-48(46-70(51)79-69)72-54-27-9-13-31-58(54)74(59-32-14-10-28-55(59)72)63-36-20-40-68-76(63)61-34-16-18-38-66(61)78(68)50-23-5-2-6-24-50/h1-46H. The molecule has 0 atom stereocenters. The zero-order chi connectivity index (χ0) is 51.7. The van der Waals surface area contributed by atoms with Gasteiger partial charge in [-0.3, -0.25) is 0 Å². The minimum Gasteiger partial charge on any atom is -0.309 e. The van der Waals surface area contributed by atoms with Gasteiger partial charge in [-0.2, -0.15) is 0 Å². The van der Waals surface area contributed by atoms with Gasteiger partial charge in [-0.05, 0) is 154 Å². The van der Waals surface area contributed by atoms with E-state index < -0.39 is 0 Å². The molecule has 0 saturated heterocycles. The van der Waals surface area contributed by atoms with E-state index in [4.69, 9.17) is 0 Å². The molecular weight excluding hydrogens is 973 g/mol. The lowest BCUT2D eigenvalue weighted by Gasteiger charge is -2.19. The summed E-state index contributed by atoms with van der Waals surface area (Å²) in [6.45, 7) is 0. The van der Waals surface area contributed by atoms with Gasteiger partial charge in [-0.25, -0.2) is 0 Å². The third kappa shape index (κ3) is 6.45. The van der Waals surface area contributed by atoms with Crippen LogP contribution in [0.25, 0.3) is 163 Å². The highest BCUT2D eigenvalue weighted by Crippen LogP contribution is 2.51. The summed E-state index contributed by atoms with van der Waals surface area (Å²) in [5, 5.41) is 17.6. The maximum atomic E-state index is 2.46. The van der Waals surface area contributed by atoms with Gasteiger partial charge < -0.3 is 9.13 Å². The first kappa shape index (κ1) is 44.1. The lowest BCUT2D eigenvalue weighted by molar-refractivity contribution is 1.18. The van der Waals surface area contributed by atoms with Crippen molar-refractivity contribution in [1.29, 1.82) is 0 Å². The van der Waals surface area contributed by atoms with Gasteiger partial charge in [0.05, 0.1) is 22.1 Å². The highest BCUT2D eigenvalue weighted by Gasteiger charge is 2.24. The van der Waals surface area contributed by atoms with Gasteiger partial charge >= 0.3 is 0 Å². The van der Waals surface area contributed by atoms with Gasteiger partial charge in [0.25, 0.3) is 0 Å². The third-order valence-corrected chi connectivity index (χ3v) is 18.0. The molecule has 0 fully saturated rings. The van der Waals surface area contributed by atoms with Crippen molar-refractivity contribution in [2.75, 3.05) is 0 Å². The zero-order valence-electron chi connectivity index (χ0n) is 42.9. The normalized spacial score (nSPS) is 12.1. The van der Waals surface area contributed by atoms with Crippen LogP contribution >= 0.6 is 11.3 Å². The first-order valence-electron chi connectivity index (χ1n) is 27.2. The highest BCUT2D eigenvalue weighted by molar-refractivity contribution is 7.25. The molecule has 0 bridgehead atoms. The van der Waals surface area contributed by atoms with E-state index in [0.717, 1.165) is 11.4 Å². The summed E-state index contributed by atoms with van der Waals surface area (Å²) in [6, 6.07) is 104. The third-order valence-electron chi connectivity index (χ3n) is 16.9. The minimum atomic E-state index is 1.16. The van der Waals surface area contributed by atoms with Gasteiger partial charge in [0, 0.05) is 53.1 Å². The number of para-hydroxylation sites is 4. The number of aromatic nitrogens is 2. The Morgan fingerprint density at radius 2 is 0.570 bits per heavy atom. The maximum Gasteiger partial charge on any atom is 0.0547 e. The molecule has 79 heavy (non-hydrogen) atoms. The second kappa shape index (κ2) is 17.2. The van der Waals surface area contributed by atoms with E-state index in [-0.39, 0.29) is 0 Å². The first-order chi connectivity index (χ1) is 39.2. The van der Waals surface area contributed by atoms with Gasteiger partial charge in [-0.15, -0.1) is 11.3 Å². The molecule has 0 spiro atoms. The van der Waals surface area contributed by atoms with Crippen LogP contribution in [0.2, 0.25) is 0 Å². The van der Waals surface area contributed by atoms with Crippen LogP contribution in [-0.4, -0.2) is 9.13 Å². The Balaban J connectivity index is 0.840. The molecule has 0 aliphatic rings. The number of hydrogen-bond acceptors (Lipinski definition) is 1. The van der Waals surface area contributed by atoms with Crippen LogP contribution in [0, 0.1) is 0 Å². The lowest BCUT2D eigenvalue weighted by atomic mass is 9.84. The van der Waals surface area contributed by atoms with Crippen molar-refractivity contribution >= 4 is 118 Å². The Labute approximate surface area is 459 Å². The van der Waals surface area contributed by atoms with Crippen molar-refractivity contribution in [3.05, 3.63) is 279 Å². The molecule has 2 nitrogen and oxygen atoms in total. The minimum absolute atomic E-state index is 1.16. The lowest BCUT2D eigenvalue weighted by Crippen LogP contribution is -1.93. The predicted molar refractivity (Wildman–Crippen MR) is 340 cm³/mol. The van der Waals surface area contributed by atoms with E-state index >= 15 is 0 Å². The summed E-state index contributed by atoms with van der Waals surface area (Å²) in [4.78, 5) is 0. The van der Waals surface area contributed by atoms with E-state index in [1.54, 1.807) is 0 Å². The number of thiophene rings is 1. The Hall–Kier alpha value is -10.1.